The van der Waals surface area contributed by atoms with Crippen LogP contribution in [0.5, 0.6) is 0 Å². The minimum atomic E-state index is -0.673. The molecule has 2 N–H and O–H groups in total. The zero-order chi connectivity index (χ0) is 19.1. The predicted octanol–water partition coefficient (Wildman–Crippen LogP) is 2.52. The fourth-order valence-corrected chi connectivity index (χ4v) is 3.90. The molecule has 4 nitrogen and oxygen atoms in total. The molecule has 0 aliphatic carbocycles. The Morgan fingerprint density at radius 2 is 1.57 bits per heavy atom. The van der Waals surface area contributed by atoms with Gasteiger partial charge < -0.3 is 27.1 Å². The third-order valence-corrected chi connectivity index (χ3v) is 5.50. The number of aryl methyl sites for hydroxylation is 2. The van der Waals surface area contributed by atoms with Gasteiger partial charge in [-0.25, -0.2) is 4.57 Å². The van der Waals surface area contributed by atoms with E-state index in [1.165, 1.54) is 59.6 Å². The number of aromatic amines is 1. The Balaban J connectivity index is 0.00000280. The minimum Gasteiger partial charge on any atom is -1.00 e. The number of fused-ring (bicyclic) bond motifs is 3. The first kappa shape index (κ1) is 22.4. The molecule has 0 amide bonds. The minimum absolute atomic E-state index is 0. The van der Waals surface area contributed by atoms with Crippen LogP contribution in [0.15, 0.2) is 36.5 Å². The standard InChI is InChI=1S/C23H30N2O2.BrH/c1-18-23-20(19-12-9-10-13-21(19)24-23)15-17-25(18)16-11-7-5-3-2-4-6-8-14-22(26)27;/h9-10,12-13,15,17H,2-8,11,14,16H2,1H3,(H,26,27);1H. The number of benzene rings is 1. The van der Waals surface area contributed by atoms with E-state index in [0.717, 1.165) is 25.8 Å². The van der Waals surface area contributed by atoms with E-state index in [1.807, 2.05) is 0 Å². The van der Waals surface area contributed by atoms with Crippen LogP contribution in [0.1, 0.15) is 63.5 Å². The Bertz CT molecular complexity index is 904. The molecule has 2 heterocycles. The summed E-state index contributed by atoms with van der Waals surface area (Å²) in [6.07, 6.45) is 11.8. The van der Waals surface area contributed by atoms with Gasteiger partial charge in [-0.1, -0.05) is 50.3 Å². The molecule has 3 aromatic rings. The van der Waals surface area contributed by atoms with Crippen LogP contribution >= 0.6 is 0 Å². The number of carboxylic acids is 1. The molecule has 0 aliphatic heterocycles. The molecular formula is C23H31BrN2O2. The molecule has 0 unspecified atom stereocenters. The zero-order valence-electron chi connectivity index (χ0n) is 16.7. The second-order valence-electron chi connectivity index (χ2n) is 7.53. The monoisotopic (exact) mass is 446 g/mol. The molecular weight excluding hydrogens is 416 g/mol. The summed E-state index contributed by atoms with van der Waals surface area (Å²) in [5.74, 6) is -0.673. The predicted molar refractivity (Wildman–Crippen MR) is 110 cm³/mol. The first-order valence-corrected chi connectivity index (χ1v) is 10.3. The normalized spacial score (nSPS) is 11.0. The molecule has 3 rings (SSSR count). The molecule has 2 aromatic heterocycles. The van der Waals surface area contributed by atoms with Crippen molar-refractivity contribution >= 4 is 27.8 Å². The van der Waals surface area contributed by atoms with Gasteiger partial charge in [0.25, 0.3) is 0 Å². The van der Waals surface area contributed by atoms with Crippen LogP contribution in [0.2, 0.25) is 0 Å². The Hall–Kier alpha value is -1.88. The first-order chi connectivity index (χ1) is 13.2. The number of aromatic nitrogens is 2. The summed E-state index contributed by atoms with van der Waals surface area (Å²) in [6, 6.07) is 10.7. The van der Waals surface area contributed by atoms with E-state index in [1.54, 1.807) is 0 Å². The lowest BCUT2D eigenvalue weighted by Gasteiger charge is -2.03. The number of pyridine rings is 1. The second kappa shape index (κ2) is 11.2. The van der Waals surface area contributed by atoms with Gasteiger partial charge in [-0.05, 0) is 18.9 Å². The van der Waals surface area contributed by atoms with Crippen molar-refractivity contribution in [1.29, 1.82) is 0 Å². The average Bonchev–Trinajstić information content (AvgIpc) is 3.04. The van der Waals surface area contributed by atoms with Crippen molar-refractivity contribution in [3.05, 3.63) is 42.2 Å². The molecule has 0 saturated carbocycles. The summed E-state index contributed by atoms with van der Waals surface area (Å²) in [6.45, 7) is 3.27. The van der Waals surface area contributed by atoms with Crippen LogP contribution in [0.4, 0.5) is 0 Å². The summed E-state index contributed by atoms with van der Waals surface area (Å²) in [5, 5.41) is 11.2. The van der Waals surface area contributed by atoms with Crippen molar-refractivity contribution < 1.29 is 31.4 Å². The number of hydrogen-bond acceptors (Lipinski definition) is 1. The van der Waals surface area contributed by atoms with E-state index < -0.39 is 5.97 Å². The van der Waals surface area contributed by atoms with Crippen LogP contribution in [-0.2, 0) is 11.3 Å². The molecule has 28 heavy (non-hydrogen) atoms. The molecule has 1 aromatic carbocycles. The lowest BCUT2D eigenvalue weighted by molar-refractivity contribution is -0.701. The number of nitrogens with zero attached hydrogens (tertiary/aromatic N) is 1. The van der Waals surface area contributed by atoms with Crippen LogP contribution in [0, 0.1) is 6.92 Å². The highest BCUT2D eigenvalue weighted by Crippen LogP contribution is 2.25. The van der Waals surface area contributed by atoms with E-state index in [4.69, 9.17) is 5.11 Å². The van der Waals surface area contributed by atoms with E-state index in [-0.39, 0.29) is 17.0 Å². The Labute approximate surface area is 177 Å². The third-order valence-electron chi connectivity index (χ3n) is 5.50. The first-order valence-electron chi connectivity index (χ1n) is 10.3. The number of aliphatic carboxylic acids is 1. The Morgan fingerprint density at radius 3 is 2.29 bits per heavy atom. The van der Waals surface area contributed by atoms with Crippen LogP contribution in [0.3, 0.4) is 0 Å². The quantitative estimate of drug-likeness (QED) is 0.351. The van der Waals surface area contributed by atoms with Gasteiger partial charge in [-0.15, -0.1) is 0 Å². The molecule has 5 heteroatoms. The topological polar surface area (TPSA) is 57.0 Å². The van der Waals surface area contributed by atoms with Crippen molar-refractivity contribution in [2.45, 2.75) is 71.3 Å². The Morgan fingerprint density at radius 1 is 0.929 bits per heavy atom. The SMILES string of the molecule is Cc1c2[nH]c3ccccc3c2cc[n+]1CCCCCCCCCCC(=O)O.[Br-]. The lowest BCUT2D eigenvalue weighted by atomic mass is 10.1. The van der Waals surface area contributed by atoms with E-state index >= 15 is 0 Å². The smallest absolute Gasteiger partial charge is 0.303 e. The van der Waals surface area contributed by atoms with Gasteiger partial charge in [0.1, 0.15) is 12.1 Å². The summed E-state index contributed by atoms with van der Waals surface area (Å²) < 4.78 is 2.36. The van der Waals surface area contributed by atoms with Crippen molar-refractivity contribution in [3.63, 3.8) is 0 Å². The van der Waals surface area contributed by atoms with Gasteiger partial charge >= 0.3 is 5.97 Å². The van der Waals surface area contributed by atoms with E-state index in [0.29, 0.717) is 6.42 Å². The maximum Gasteiger partial charge on any atom is 0.303 e. The molecule has 0 fully saturated rings. The van der Waals surface area contributed by atoms with Crippen molar-refractivity contribution in [2.24, 2.45) is 0 Å². The largest absolute Gasteiger partial charge is 1.00 e. The zero-order valence-corrected chi connectivity index (χ0v) is 18.3. The van der Waals surface area contributed by atoms with E-state index in [2.05, 4.69) is 53.0 Å². The number of hydrogen-bond donors (Lipinski definition) is 2. The molecule has 0 bridgehead atoms. The van der Waals surface area contributed by atoms with Crippen LogP contribution in [0.25, 0.3) is 21.8 Å². The van der Waals surface area contributed by atoms with Crippen LogP contribution in [-0.4, -0.2) is 16.1 Å². The van der Waals surface area contributed by atoms with Gasteiger partial charge in [-0.2, -0.15) is 0 Å². The number of carbonyl (C=O) groups is 1. The number of carboxylic acid groups (broad SMARTS) is 1. The molecule has 0 saturated heterocycles. The van der Waals surface area contributed by atoms with Crippen molar-refractivity contribution in [2.75, 3.05) is 0 Å². The van der Waals surface area contributed by atoms with Gasteiger partial charge in [-0.3, -0.25) is 4.79 Å². The lowest BCUT2D eigenvalue weighted by Crippen LogP contribution is -3.00. The van der Waals surface area contributed by atoms with Crippen molar-refractivity contribution in [1.82, 2.24) is 4.98 Å². The summed E-state index contributed by atoms with van der Waals surface area (Å²) >= 11 is 0. The summed E-state index contributed by atoms with van der Waals surface area (Å²) in [7, 11) is 0. The number of halogens is 1. The Kier molecular flexibility index (Phi) is 8.97. The highest BCUT2D eigenvalue weighted by molar-refractivity contribution is 6.07. The molecule has 0 atom stereocenters. The van der Waals surface area contributed by atoms with Crippen molar-refractivity contribution in [3.8, 4) is 0 Å². The molecule has 0 spiro atoms. The number of unbranched alkanes of at least 4 members (excludes halogenated alkanes) is 7. The number of nitrogens with one attached hydrogen (secondary N) is 1. The summed E-state index contributed by atoms with van der Waals surface area (Å²) in [5.41, 5.74) is 3.76. The fourth-order valence-electron chi connectivity index (χ4n) is 3.90. The highest BCUT2D eigenvalue weighted by atomic mass is 79.9. The number of H-pyrrole nitrogens is 1. The maximum atomic E-state index is 10.5. The molecule has 152 valence electrons. The van der Waals surface area contributed by atoms with Gasteiger partial charge in [0.15, 0.2) is 6.20 Å². The number of rotatable bonds is 11. The van der Waals surface area contributed by atoms with Gasteiger partial charge in [0.2, 0.25) is 5.69 Å². The maximum absolute atomic E-state index is 10.5. The van der Waals surface area contributed by atoms with Gasteiger partial charge in [0.05, 0.1) is 0 Å². The second-order valence-corrected chi connectivity index (χ2v) is 7.53. The van der Waals surface area contributed by atoms with E-state index in [9.17, 15) is 4.79 Å². The third kappa shape index (κ3) is 5.81. The highest BCUT2D eigenvalue weighted by Gasteiger charge is 2.14. The number of para-hydroxylation sites is 1. The molecule has 0 radical (unpaired) electrons. The van der Waals surface area contributed by atoms with Gasteiger partial charge in [0, 0.05) is 42.1 Å². The summed E-state index contributed by atoms with van der Waals surface area (Å²) in [4.78, 5) is 14.0. The average molecular weight is 447 g/mol. The fraction of sp³-hybridized carbons (Fsp3) is 0.478. The van der Waals surface area contributed by atoms with Crippen LogP contribution < -0.4 is 21.5 Å². The molecule has 0 aliphatic rings.